The Hall–Kier alpha value is -1.35. The van der Waals surface area contributed by atoms with Crippen molar-refractivity contribution >= 4 is 5.91 Å². The molecule has 0 saturated carbocycles. The highest BCUT2D eigenvalue weighted by molar-refractivity contribution is 5.76. The van der Waals surface area contributed by atoms with E-state index in [9.17, 15) is 9.90 Å². The molecule has 1 aromatic rings. The summed E-state index contributed by atoms with van der Waals surface area (Å²) in [6.07, 6.45) is 0.489. The van der Waals surface area contributed by atoms with Crippen LogP contribution < -0.4 is 5.32 Å². The average molecular weight is 221 g/mol. The van der Waals surface area contributed by atoms with E-state index in [0.717, 1.165) is 5.56 Å². The number of amides is 1. The van der Waals surface area contributed by atoms with Crippen molar-refractivity contribution < 1.29 is 9.90 Å². The zero-order valence-electron chi connectivity index (χ0n) is 9.81. The number of benzene rings is 1. The van der Waals surface area contributed by atoms with Crippen LogP contribution in [0.5, 0.6) is 0 Å². The molecular weight excluding hydrogens is 202 g/mol. The molecular formula is C13H19NO2. The third kappa shape index (κ3) is 4.03. The van der Waals surface area contributed by atoms with Crippen LogP contribution in [-0.4, -0.2) is 17.6 Å². The Kier molecular flexibility index (Phi) is 4.99. The number of aliphatic hydroxyl groups excluding tert-OH is 1. The minimum Gasteiger partial charge on any atom is -0.394 e. The van der Waals surface area contributed by atoms with Gasteiger partial charge >= 0.3 is 0 Å². The summed E-state index contributed by atoms with van der Waals surface area (Å²) >= 11 is 0. The fourth-order valence-corrected chi connectivity index (χ4v) is 1.54. The summed E-state index contributed by atoms with van der Waals surface area (Å²) in [6, 6.07) is 9.20. The van der Waals surface area contributed by atoms with Gasteiger partial charge in [0.25, 0.3) is 0 Å². The molecule has 88 valence electrons. The fraction of sp³-hybridized carbons (Fsp3) is 0.462. The zero-order chi connectivity index (χ0) is 12.0. The molecule has 0 aliphatic rings. The molecule has 0 saturated heterocycles. The van der Waals surface area contributed by atoms with E-state index in [-0.39, 0.29) is 18.6 Å². The lowest BCUT2D eigenvalue weighted by atomic mass is 10.1. The summed E-state index contributed by atoms with van der Waals surface area (Å²) in [5, 5.41) is 12.1. The van der Waals surface area contributed by atoms with Crippen LogP contribution in [0.25, 0.3) is 0 Å². The summed E-state index contributed by atoms with van der Waals surface area (Å²) in [5.41, 5.74) is 0.933. The summed E-state index contributed by atoms with van der Waals surface area (Å²) in [7, 11) is 0. The van der Waals surface area contributed by atoms with E-state index in [2.05, 4.69) is 5.32 Å². The number of rotatable bonds is 5. The molecule has 0 aliphatic carbocycles. The highest BCUT2D eigenvalue weighted by Gasteiger charge is 2.13. The Labute approximate surface area is 96.5 Å². The first kappa shape index (κ1) is 12.7. The van der Waals surface area contributed by atoms with Crippen molar-refractivity contribution in [2.45, 2.75) is 26.3 Å². The van der Waals surface area contributed by atoms with Crippen LogP contribution in [0.4, 0.5) is 0 Å². The number of hydrogen-bond acceptors (Lipinski definition) is 2. The van der Waals surface area contributed by atoms with E-state index in [1.807, 2.05) is 44.2 Å². The van der Waals surface area contributed by atoms with Crippen LogP contribution >= 0.6 is 0 Å². The second-order valence-electron chi connectivity index (χ2n) is 4.31. The van der Waals surface area contributed by atoms with Gasteiger partial charge in [-0.15, -0.1) is 0 Å². The van der Waals surface area contributed by atoms with E-state index < -0.39 is 0 Å². The molecule has 0 heterocycles. The van der Waals surface area contributed by atoms with Crippen LogP contribution in [-0.2, 0) is 4.79 Å². The second kappa shape index (κ2) is 6.28. The number of aliphatic hydroxyl groups is 1. The van der Waals surface area contributed by atoms with Crippen molar-refractivity contribution in [1.29, 1.82) is 0 Å². The fourth-order valence-electron chi connectivity index (χ4n) is 1.54. The summed E-state index contributed by atoms with van der Waals surface area (Å²) < 4.78 is 0. The maximum atomic E-state index is 11.6. The van der Waals surface area contributed by atoms with Crippen molar-refractivity contribution in [1.82, 2.24) is 5.32 Å². The van der Waals surface area contributed by atoms with E-state index >= 15 is 0 Å². The molecule has 0 radical (unpaired) electrons. The smallest absolute Gasteiger partial charge is 0.220 e. The monoisotopic (exact) mass is 221 g/mol. The third-order valence-corrected chi connectivity index (χ3v) is 2.31. The molecule has 1 amide bonds. The Morgan fingerprint density at radius 1 is 1.31 bits per heavy atom. The molecule has 16 heavy (non-hydrogen) atoms. The van der Waals surface area contributed by atoms with Crippen molar-refractivity contribution in [2.24, 2.45) is 5.92 Å². The largest absolute Gasteiger partial charge is 0.394 e. The number of carbonyl (C=O) groups is 1. The highest BCUT2D eigenvalue weighted by atomic mass is 16.3. The average Bonchev–Trinajstić information content (AvgIpc) is 2.26. The van der Waals surface area contributed by atoms with Crippen LogP contribution in [0.15, 0.2) is 30.3 Å². The maximum Gasteiger partial charge on any atom is 0.220 e. The molecule has 0 bridgehead atoms. The van der Waals surface area contributed by atoms with E-state index in [1.165, 1.54) is 0 Å². The summed E-state index contributed by atoms with van der Waals surface area (Å²) in [5.74, 6) is 0.313. The molecule has 0 fully saturated rings. The number of nitrogens with one attached hydrogen (secondary N) is 1. The minimum absolute atomic E-state index is 0.0158. The van der Waals surface area contributed by atoms with Gasteiger partial charge in [-0.3, -0.25) is 4.79 Å². The van der Waals surface area contributed by atoms with Gasteiger partial charge in [0.2, 0.25) is 5.91 Å². The third-order valence-electron chi connectivity index (χ3n) is 2.31. The molecule has 3 nitrogen and oxygen atoms in total. The molecule has 0 aromatic heterocycles. The quantitative estimate of drug-likeness (QED) is 0.797. The minimum atomic E-state index is -0.299. The lowest BCUT2D eigenvalue weighted by Crippen LogP contribution is -2.31. The number of hydrogen-bond donors (Lipinski definition) is 2. The van der Waals surface area contributed by atoms with Gasteiger partial charge in [-0.25, -0.2) is 0 Å². The van der Waals surface area contributed by atoms with Crippen molar-refractivity contribution in [3.63, 3.8) is 0 Å². The van der Waals surface area contributed by atoms with Crippen molar-refractivity contribution in [2.75, 3.05) is 6.61 Å². The topological polar surface area (TPSA) is 49.3 Å². The van der Waals surface area contributed by atoms with Crippen LogP contribution in [0, 0.1) is 5.92 Å². The first-order valence-electron chi connectivity index (χ1n) is 5.58. The SMILES string of the molecule is CC(C)CC(=O)NC(CO)c1ccccc1. The van der Waals surface area contributed by atoms with Gasteiger partial charge in [-0.2, -0.15) is 0 Å². The number of carbonyl (C=O) groups excluding carboxylic acids is 1. The van der Waals surface area contributed by atoms with Crippen LogP contribution in [0.1, 0.15) is 31.9 Å². The molecule has 2 N–H and O–H groups in total. The Morgan fingerprint density at radius 2 is 1.94 bits per heavy atom. The lowest BCUT2D eigenvalue weighted by molar-refractivity contribution is -0.122. The van der Waals surface area contributed by atoms with Crippen molar-refractivity contribution in [3.8, 4) is 0 Å². The summed E-state index contributed by atoms with van der Waals surface area (Å²) in [6.45, 7) is 3.92. The molecule has 0 aliphatic heterocycles. The van der Waals surface area contributed by atoms with Gasteiger partial charge in [0.05, 0.1) is 12.6 Å². The first-order valence-corrected chi connectivity index (χ1v) is 5.58. The van der Waals surface area contributed by atoms with Crippen LogP contribution in [0.3, 0.4) is 0 Å². The zero-order valence-corrected chi connectivity index (χ0v) is 9.81. The van der Waals surface area contributed by atoms with E-state index in [1.54, 1.807) is 0 Å². The van der Waals surface area contributed by atoms with E-state index in [4.69, 9.17) is 0 Å². The van der Waals surface area contributed by atoms with Gasteiger partial charge < -0.3 is 10.4 Å². The normalized spacial score (nSPS) is 12.5. The molecule has 1 atom stereocenters. The Morgan fingerprint density at radius 3 is 2.44 bits per heavy atom. The second-order valence-corrected chi connectivity index (χ2v) is 4.31. The molecule has 1 aromatic carbocycles. The summed E-state index contributed by atoms with van der Waals surface area (Å²) in [4.78, 5) is 11.6. The van der Waals surface area contributed by atoms with Gasteiger partial charge in [-0.1, -0.05) is 44.2 Å². The first-order chi connectivity index (χ1) is 7.63. The van der Waals surface area contributed by atoms with Crippen LogP contribution in [0.2, 0.25) is 0 Å². The highest BCUT2D eigenvalue weighted by Crippen LogP contribution is 2.12. The van der Waals surface area contributed by atoms with E-state index in [0.29, 0.717) is 12.3 Å². The van der Waals surface area contributed by atoms with Gasteiger partial charge in [0.1, 0.15) is 0 Å². The standard InChI is InChI=1S/C13H19NO2/c1-10(2)8-13(16)14-12(9-15)11-6-4-3-5-7-11/h3-7,10,12,15H,8-9H2,1-2H3,(H,14,16). The van der Waals surface area contributed by atoms with Gasteiger partial charge in [0, 0.05) is 6.42 Å². The molecule has 0 spiro atoms. The van der Waals surface area contributed by atoms with Gasteiger partial charge in [-0.05, 0) is 11.5 Å². The molecule has 1 rings (SSSR count). The lowest BCUT2D eigenvalue weighted by Gasteiger charge is -2.17. The Balaban J connectivity index is 2.59. The predicted molar refractivity (Wildman–Crippen MR) is 63.9 cm³/mol. The molecule has 3 heteroatoms. The molecule has 1 unspecified atom stereocenters. The predicted octanol–water partition coefficient (Wildman–Crippen LogP) is 1.88. The van der Waals surface area contributed by atoms with Gasteiger partial charge in [0.15, 0.2) is 0 Å². The Bertz CT molecular complexity index is 322. The maximum absolute atomic E-state index is 11.6. The van der Waals surface area contributed by atoms with Crippen molar-refractivity contribution in [3.05, 3.63) is 35.9 Å².